The van der Waals surface area contributed by atoms with Crippen molar-refractivity contribution in [1.82, 2.24) is 14.1 Å². The number of piperazine rings is 1. The normalized spacial score (nSPS) is 19.6. The van der Waals surface area contributed by atoms with E-state index in [4.69, 9.17) is 0 Å². The van der Waals surface area contributed by atoms with Crippen LogP contribution in [0.2, 0.25) is 0 Å². The van der Waals surface area contributed by atoms with Crippen molar-refractivity contribution in [2.75, 3.05) is 32.7 Å². The number of fused-ring (bicyclic) bond motifs is 1. The second-order valence-corrected chi connectivity index (χ2v) is 9.45. The van der Waals surface area contributed by atoms with Gasteiger partial charge in [-0.15, -0.1) is 0 Å². The Kier molecular flexibility index (Phi) is 5.62. The van der Waals surface area contributed by atoms with E-state index in [1.165, 1.54) is 6.07 Å². The average molecular weight is 428 g/mol. The van der Waals surface area contributed by atoms with Crippen LogP contribution in [0.25, 0.3) is 0 Å². The molecule has 2 amide bonds. The topological polar surface area (TPSA) is 78.0 Å². The van der Waals surface area contributed by atoms with E-state index in [1.54, 1.807) is 25.1 Å². The molecule has 2 aromatic rings. The summed E-state index contributed by atoms with van der Waals surface area (Å²) in [6, 6.07) is 15.1. The van der Waals surface area contributed by atoms with Crippen molar-refractivity contribution in [2.24, 2.45) is 0 Å². The molecule has 1 saturated heterocycles. The van der Waals surface area contributed by atoms with Crippen molar-refractivity contribution in [1.29, 1.82) is 0 Å². The fourth-order valence-corrected chi connectivity index (χ4v) is 5.97. The van der Waals surface area contributed by atoms with Crippen molar-refractivity contribution < 1.29 is 18.0 Å². The van der Waals surface area contributed by atoms with Gasteiger partial charge in [0, 0.05) is 39.6 Å². The lowest BCUT2D eigenvalue weighted by molar-refractivity contribution is -0.130. The fourth-order valence-electron chi connectivity index (χ4n) is 4.20. The van der Waals surface area contributed by atoms with Crippen molar-refractivity contribution in [3.8, 4) is 0 Å². The summed E-state index contributed by atoms with van der Waals surface area (Å²) in [4.78, 5) is 28.7. The molecule has 30 heavy (non-hydrogen) atoms. The molecule has 0 bridgehead atoms. The van der Waals surface area contributed by atoms with Crippen LogP contribution >= 0.6 is 0 Å². The van der Waals surface area contributed by atoms with E-state index in [-0.39, 0.29) is 16.4 Å². The Balaban J connectivity index is 1.58. The van der Waals surface area contributed by atoms with Gasteiger partial charge < -0.3 is 4.90 Å². The Hall–Kier alpha value is -2.71. The monoisotopic (exact) mass is 427 g/mol. The van der Waals surface area contributed by atoms with Crippen molar-refractivity contribution >= 4 is 21.8 Å². The predicted molar refractivity (Wildman–Crippen MR) is 112 cm³/mol. The maximum atomic E-state index is 13.2. The molecule has 8 heteroatoms. The largest absolute Gasteiger partial charge is 0.340 e. The summed E-state index contributed by atoms with van der Waals surface area (Å²) in [7, 11) is -3.90. The van der Waals surface area contributed by atoms with E-state index >= 15 is 0 Å². The fraction of sp³-hybridized carbons (Fsp3) is 0.364. The first kappa shape index (κ1) is 20.6. The van der Waals surface area contributed by atoms with E-state index in [9.17, 15) is 18.0 Å². The lowest BCUT2D eigenvalue weighted by Gasteiger charge is -2.35. The minimum atomic E-state index is -3.90. The molecule has 1 fully saturated rings. The van der Waals surface area contributed by atoms with Gasteiger partial charge in [0.15, 0.2) is 0 Å². The molecular formula is C22H25N3O4S. The number of sulfonamides is 1. The number of amides is 2. The zero-order valence-corrected chi connectivity index (χ0v) is 17.7. The lowest BCUT2D eigenvalue weighted by atomic mass is 10.0. The summed E-state index contributed by atoms with van der Waals surface area (Å²) in [5, 5.41) is 0. The van der Waals surface area contributed by atoms with Crippen LogP contribution in [0.1, 0.15) is 35.3 Å². The van der Waals surface area contributed by atoms with Gasteiger partial charge >= 0.3 is 0 Å². The third-order valence-corrected chi connectivity index (χ3v) is 7.71. The zero-order chi connectivity index (χ0) is 21.3. The molecule has 1 unspecified atom stereocenters. The molecule has 0 N–H and O–H groups in total. The lowest BCUT2D eigenvalue weighted by Crippen LogP contribution is -2.48. The van der Waals surface area contributed by atoms with E-state index in [1.807, 2.05) is 35.2 Å². The van der Waals surface area contributed by atoms with Crippen molar-refractivity contribution in [2.45, 2.75) is 24.3 Å². The average Bonchev–Trinajstić information content (AvgIpc) is 2.96. The van der Waals surface area contributed by atoms with Gasteiger partial charge in [0.1, 0.15) is 4.90 Å². The minimum absolute atomic E-state index is 0.0725. The van der Waals surface area contributed by atoms with Gasteiger partial charge in [-0.3, -0.25) is 14.5 Å². The molecule has 0 aliphatic carbocycles. The van der Waals surface area contributed by atoms with Gasteiger partial charge in [-0.1, -0.05) is 42.5 Å². The minimum Gasteiger partial charge on any atom is -0.340 e. The maximum Gasteiger partial charge on any atom is 0.269 e. The Bertz CT molecular complexity index is 1050. The quantitative estimate of drug-likeness (QED) is 0.731. The highest BCUT2D eigenvalue weighted by Gasteiger charge is 2.45. The highest BCUT2D eigenvalue weighted by Crippen LogP contribution is 2.38. The Labute approximate surface area is 176 Å². The predicted octanol–water partition coefficient (Wildman–Crippen LogP) is 2.13. The van der Waals surface area contributed by atoms with Gasteiger partial charge in [0.05, 0.1) is 11.6 Å². The van der Waals surface area contributed by atoms with Crippen LogP contribution in [0.5, 0.6) is 0 Å². The van der Waals surface area contributed by atoms with E-state index in [0.29, 0.717) is 26.1 Å². The molecule has 7 nitrogen and oxygen atoms in total. The van der Waals surface area contributed by atoms with Crippen LogP contribution in [0.15, 0.2) is 59.5 Å². The standard InChI is InChI=1S/C22H25N3O4S/c1-17(26)24-15-13-23(14-16-24)12-11-20(18-7-3-2-4-8-18)25-22(27)19-9-5-6-10-21(19)30(25,28)29/h2-10,20H,11-16H2,1H3. The number of rotatable bonds is 5. The summed E-state index contributed by atoms with van der Waals surface area (Å²) < 4.78 is 27.5. The van der Waals surface area contributed by atoms with Gasteiger partial charge in [0.2, 0.25) is 5.91 Å². The Morgan fingerprint density at radius 2 is 1.60 bits per heavy atom. The second-order valence-electron chi connectivity index (χ2n) is 7.67. The summed E-state index contributed by atoms with van der Waals surface area (Å²) in [6.45, 7) is 5.02. The summed E-state index contributed by atoms with van der Waals surface area (Å²) in [5.74, 6) is -0.399. The molecule has 2 aromatic carbocycles. The number of carbonyl (C=O) groups is 2. The SMILES string of the molecule is CC(=O)N1CCN(CCC(c2ccccc2)N2C(=O)c3ccccc3S2(=O)=O)CC1. The molecule has 4 rings (SSSR count). The molecule has 0 radical (unpaired) electrons. The molecule has 0 saturated carbocycles. The summed E-state index contributed by atoms with van der Waals surface area (Å²) in [5.41, 5.74) is 1.03. The summed E-state index contributed by atoms with van der Waals surface area (Å²) >= 11 is 0. The van der Waals surface area contributed by atoms with E-state index in [0.717, 1.165) is 23.0 Å². The molecule has 0 aromatic heterocycles. The van der Waals surface area contributed by atoms with E-state index < -0.39 is 22.0 Å². The molecule has 0 spiro atoms. The third-order valence-electron chi connectivity index (χ3n) is 5.86. The molecule has 1 atom stereocenters. The molecule has 2 aliphatic heterocycles. The van der Waals surface area contributed by atoms with Crippen LogP contribution < -0.4 is 0 Å². The smallest absolute Gasteiger partial charge is 0.269 e. The number of nitrogens with zero attached hydrogens (tertiary/aromatic N) is 3. The van der Waals surface area contributed by atoms with Crippen LogP contribution in [-0.4, -0.2) is 67.1 Å². The van der Waals surface area contributed by atoms with Crippen LogP contribution in [0.3, 0.4) is 0 Å². The highest BCUT2D eigenvalue weighted by molar-refractivity contribution is 7.90. The van der Waals surface area contributed by atoms with Crippen LogP contribution in [0.4, 0.5) is 0 Å². The first-order valence-corrected chi connectivity index (χ1v) is 11.5. The third kappa shape index (κ3) is 3.73. The number of carbonyl (C=O) groups excluding carboxylic acids is 2. The highest BCUT2D eigenvalue weighted by atomic mass is 32.2. The van der Waals surface area contributed by atoms with Crippen LogP contribution in [-0.2, 0) is 14.8 Å². The van der Waals surface area contributed by atoms with E-state index in [2.05, 4.69) is 4.90 Å². The van der Waals surface area contributed by atoms with Gasteiger partial charge in [-0.2, -0.15) is 0 Å². The van der Waals surface area contributed by atoms with Gasteiger partial charge in [-0.05, 0) is 24.1 Å². The van der Waals surface area contributed by atoms with Crippen LogP contribution in [0, 0.1) is 0 Å². The number of benzene rings is 2. The Morgan fingerprint density at radius 1 is 0.967 bits per heavy atom. The molecule has 158 valence electrons. The summed E-state index contributed by atoms with van der Waals surface area (Å²) in [6.07, 6.45) is 0.489. The van der Waals surface area contributed by atoms with Crippen molar-refractivity contribution in [3.05, 3.63) is 65.7 Å². The molecular weight excluding hydrogens is 402 g/mol. The number of hydrogen-bond donors (Lipinski definition) is 0. The van der Waals surface area contributed by atoms with Gasteiger partial charge in [-0.25, -0.2) is 12.7 Å². The van der Waals surface area contributed by atoms with Crippen molar-refractivity contribution in [3.63, 3.8) is 0 Å². The first-order valence-electron chi connectivity index (χ1n) is 10.1. The first-order chi connectivity index (χ1) is 14.4. The molecule has 2 aliphatic rings. The Morgan fingerprint density at radius 3 is 2.23 bits per heavy atom. The second kappa shape index (κ2) is 8.20. The zero-order valence-electron chi connectivity index (χ0n) is 16.9. The maximum absolute atomic E-state index is 13.2. The molecule has 2 heterocycles. The number of hydrogen-bond acceptors (Lipinski definition) is 5. The van der Waals surface area contributed by atoms with Gasteiger partial charge in [0.25, 0.3) is 15.9 Å².